The third-order valence-corrected chi connectivity index (χ3v) is 4.61. The summed E-state index contributed by atoms with van der Waals surface area (Å²) in [5.41, 5.74) is 6.40. The highest BCUT2D eigenvalue weighted by atomic mass is 16.3. The molecule has 5 heteroatoms. The van der Waals surface area contributed by atoms with Crippen molar-refractivity contribution in [1.82, 2.24) is 10.3 Å². The lowest BCUT2D eigenvalue weighted by Gasteiger charge is -2.13. The quantitative estimate of drug-likeness (QED) is 0.516. The normalized spacial score (nSPS) is 13.7. The van der Waals surface area contributed by atoms with Gasteiger partial charge in [-0.25, -0.2) is 4.98 Å². The molecule has 2 atom stereocenters. The van der Waals surface area contributed by atoms with Crippen molar-refractivity contribution in [3.05, 3.63) is 17.8 Å². The maximum atomic E-state index is 12.1. The number of oxazole rings is 1. The Labute approximate surface area is 146 Å². The van der Waals surface area contributed by atoms with Crippen molar-refractivity contribution in [3.8, 4) is 0 Å². The Balaban J connectivity index is 2.18. The lowest BCUT2D eigenvalue weighted by molar-refractivity contribution is 0.0948. The second kappa shape index (κ2) is 12.1. The van der Waals surface area contributed by atoms with Gasteiger partial charge in [0.15, 0.2) is 5.69 Å². The number of nitrogens with two attached hydrogens (primary N) is 1. The number of unbranched alkanes of at least 4 members (excludes halogenated alkanes) is 7. The molecular weight excluding hydrogens is 302 g/mol. The number of hydrogen-bond acceptors (Lipinski definition) is 4. The van der Waals surface area contributed by atoms with E-state index in [9.17, 15) is 4.79 Å². The lowest BCUT2D eigenvalue weighted by atomic mass is 10.0. The van der Waals surface area contributed by atoms with Gasteiger partial charge in [0.2, 0.25) is 5.89 Å². The van der Waals surface area contributed by atoms with Crippen LogP contribution in [-0.2, 0) is 0 Å². The van der Waals surface area contributed by atoms with Gasteiger partial charge in [-0.1, -0.05) is 72.1 Å². The van der Waals surface area contributed by atoms with Crippen LogP contribution < -0.4 is 11.1 Å². The molecule has 24 heavy (non-hydrogen) atoms. The summed E-state index contributed by atoms with van der Waals surface area (Å²) in [6, 6.07) is -0.260. The molecule has 1 heterocycles. The largest absolute Gasteiger partial charge is 0.446 e. The molecular formula is C19H35N3O2. The van der Waals surface area contributed by atoms with Gasteiger partial charge < -0.3 is 15.5 Å². The van der Waals surface area contributed by atoms with Crippen LogP contribution in [0.1, 0.15) is 101 Å². The zero-order valence-electron chi connectivity index (χ0n) is 15.6. The summed E-state index contributed by atoms with van der Waals surface area (Å²) in [5, 5.41) is 2.90. The van der Waals surface area contributed by atoms with Gasteiger partial charge in [0, 0.05) is 6.54 Å². The van der Waals surface area contributed by atoms with E-state index in [1.165, 1.54) is 44.8 Å². The fourth-order valence-corrected chi connectivity index (χ4v) is 2.59. The zero-order chi connectivity index (χ0) is 17.8. The number of nitrogens with one attached hydrogen (secondary N) is 1. The van der Waals surface area contributed by atoms with E-state index in [1.807, 2.05) is 0 Å². The number of rotatable bonds is 13. The Morgan fingerprint density at radius 2 is 1.79 bits per heavy atom. The van der Waals surface area contributed by atoms with Crippen molar-refractivity contribution in [1.29, 1.82) is 0 Å². The highest BCUT2D eigenvalue weighted by Crippen LogP contribution is 2.21. The maximum Gasteiger partial charge on any atom is 0.273 e. The maximum absolute atomic E-state index is 12.1. The molecule has 1 rings (SSSR count). The van der Waals surface area contributed by atoms with Gasteiger partial charge in [-0.05, 0) is 12.3 Å². The third-order valence-electron chi connectivity index (χ3n) is 4.61. The van der Waals surface area contributed by atoms with E-state index in [0.717, 1.165) is 19.3 Å². The molecule has 0 aliphatic rings. The molecule has 138 valence electrons. The smallest absolute Gasteiger partial charge is 0.273 e. The Bertz CT molecular complexity index is 459. The van der Waals surface area contributed by atoms with E-state index < -0.39 is 0 Å². The fraction of sp³-hybridized carbons (Fsp3) is 0.789. The Hall–Kier alpha value is -1.36. The van der Waals surface area contributed by atoms with Gasteiger partial charge >= 0.3 is 0 Å². The third kappa shape index (κ3) is 7.47. The molecule has 0 spiro atoms. The summed E-state index contributed by atoms with van der Waals surface area (Å²) in [6.07, 6.45) is 12.4. The average molecular weight is 338 g/mol. The van der Waals surface area contributed by atoms with Crippen LogP contribution in [0.15, 0.2) is 10.7 Å². The van der Waals surface area contributed by atoms with Crippen molar-refractivity contribution < 1.29 is 9.21 Å². The number of hydrogen-bond donors (Lipinski definition) is 2. The Kier molecular flexibility index (Phi) is 10.4. The molecule has 0 saturated heterocycles. The first kappa shape index (κ1) is 20.7. The van der Waals surface area contributed by atoms with Gasteiger partial charge in [-0.3, -0.25) is 4.79 Å². The van der Waals surface area contributed by atoms with Crippen molar-refractivity contribution in [2.45, 2.75) is 84.6 Å². The highest BCUT2D eigenvalue weighted by Gasteiger charge is 2.20. The van der Waals surface area contributed by atoms with Crippen LogP contribution in [0, 0.1) is 5.92 Å². The molecule has 3 N–H and O–H groups in total. The minimum absolute atomic E-state index is 0.177. The van der Waals surface area contributed by atoms with Crippen LogP contribution in [0.3, 0.4) is 0 Å². The minimum Gasteiger partial charge on any atom is -0.446 e. The fourth-order valence-electron chi connectivity index (χ4n) is 2.59. The Morgan fingerprint density at radius 3 is 2.42 bits per heavy atom. The van der Waals surface area contributed by atoms with Crippen molar-refractivity contribution >= 4 is 5.91 Å². The van der Waals surface area contributed by atoms with Crippen LogP contribution >= 0.6 is 0 Å². The predicted molar refractivity (Wildman–Crippen MR) is 97.8 cm³/mol. The molecule has 0 fully saturated rings. The van der Waals surface area contributed by atoms with Gasteiger partial charge in [0.1, 0.15) is 6.26 Å². The molecule has 0 radical (unpaired) electrons. The molecule has 0 aromatic carbocycles. The second-order valence-corrected chi connectivity index (χ2v) is 6.71. The van der Waals surface area contributed by atoms with Crippen LogP contribution in [0.5, 0.6) is 0 Å². The first-order valence-corrected chi connectivity index (χ1v) is 9.59. The first-order chi connectivity index (χ1) is 11.6. The summed E-state index contributed by atoms with van der Waals surface area (Å²) in [6.45, 7) is 7.05. The van der Waals surface area contributed by atoms with Gasteiger partial charge in [-0.15, -0.1) is 0 Å². The number of carbonyl (C=O) groups is 1. The molecule has 1 amide bonds. The Morgan fingerprint density at radius 1 is 1.17 bits per heavy atom. The van der Waals surface area contributed by atoms with E-state index >= 15 is 0 Å². The van der Waals surface area contributed by atoms with Gasteiger partial charge in [-0.2, -0.15) is 0 Å². The zero-order valence-corrected chi connectivity index (χ0v) is 15.6. The molecule has 5 nitrogen and oxygen atoms in total. The van der Waals surface area contributed by atoms with Crippen molar-refractivity contribution in [2.75, 3.05) is 6.54 Å². The van der Waals surface area contributed by atoms with E-state index in [1.54, 1.807) is 0 Å². The molecule has 0 aliphatic carbocycles. The monoisotopic (exact) mass is 337 g/mol. The molecule has 0 aliphatic heterocycles. The van der Waals surface area contributed by atoms with Crippen LogP contribution in [0.25, 0.3) is 0 Å². The summed E-state index contributed by atoms with van der Waals surface area (Å²) < 4.78 is 5.37. The number of nitrogens with zero attached hydrogens (tertiary/aromatic N) is 1. The van der Waals surface area contributed by atoms with E-state index in [2.05, 4.69) is 31.1 Å². The summed E-state index contributed by atoms with van der Waals surface area (Å²) in [5.74, 6) is 0.544. The average Bonchev–Trinajstić information content (AvgIpc) is 3.08. The predicted octanol–water partition coefficient (Wildman–Crippen LogP) is 4.59. The van der Waals surface area contributed by atoms with Crippen LogP contribution in [-0.4, -0.2) is 17.4 Å². The second-order valence-electron chi connectivity index (χ2n) is 6.71. The molecule has 0 bridgehead atoms. The molecule has 1 aromatic rings. The number of carbonyl (C=O) groups excluding carboxylic acids is 1. The van der Waals surface area contributed by atoms with Gasteiger partial charge in [0.25, 0.3) is 5.91 Å². The molecule has 0 saturated carbocycles. The van der Waals surface area contributed by atoms with Crippen LogP contribution in [0.4, 0.5) is 0 Å². The van der Waals surface area contributed by atoms with E-state index in [4.69, 9.17) is 10.2 Å². The summed E-state index contributed by atoms with van der Waals surface area (Å²) in [7, 11) is 0. The van der Waals surface area contributed by atoms with E-state index in [0.29, 0.717) is 18.1 Å². The summed E-state index contributed by atoms with van der Waals surface area (Å²) in [4.78, 5) is 16.3. The standard InChI is InChI=1S/C19H35N3O2/c1-4-6-7-8-9-10-11-12-13-21-18(23)16-14-24-19(22-16)17(20)15(3)5-2/h14-15,17H,4-13,20H2,1-3H3,(H,21,23). The van der Waals surface area contributed by atoms with E-state index in [-0.39, 0.29) is 17.9 Å². The molecule has 2 unspecified atom stereocenters. The van der Waals surface area contributed by atoms with Gasteiger partial charge in [0.05, 0.1) is 6.04 Å². The SMILES string of the molecule is CCCCCCCCCCNC(=O)c1coc(C(N)C(C)CC)n1. The topological polar surface area (TPSA) is 81.2 Å². The van der Waals surface area contributed by atoms with Crippen molar-refractivity contribution in [2.24, 2.45) is 11.7 Å². The highest BCUT2D eigenvalue weighted by molar-refractivity contribution is 5.91. The molecule has 1 aromatic heterocycles. The number of aromatic nitrogens is 1. The minimum atomic E-state index is -0.260. The lowest BCUT2D eigenvalue weighted by Crippen LogP contribution is -2.25. The van der Waals surface area contributed by atoms with Crippen molar-refractivity contribution in [3.63, 3.8) is 0 Å². The number of amides is 1. The summed E-state index contributed by atoms with van der Waals surface area (Å²) >= 11 is 0. The first-order valence-electron chi connectivity index (χ1n) is 9.59. The van der Waals surface area contributed by atoms with Crippen LogP contribution in [0.2, 0.25) is 0 Å².